The predicted octanol–water partition coefficient (Wildman–Crippen LogP) is -1.20. The Bertz CT molecular complexity index is 192. The average molecular weight is 187 g/mol. The maximum absolute atomic E-state index is 11.3. The van der Waals surface area contributed by atoms with Crippen LogP contribution in [0.25, 0.3) is 0 Å². The zero-order chi connectivity index (χ0) is 10.4. The van der Waals surface area contributed by atoms with Crippen LogP contribution in [0.15, 0.2) is 0 Å². The molecule has 0 aliphatic heterocycles. The van der Waals surface area contributed by atoms with Gasteiger partial charge in [0.05, 0.1) is 12.6 Å². The molecule has 0 aromatic rings. The molecule has 0 aliphatic rings. The normalized spacial score (nSPS) is 12.0. The Hall–Kier alpha value is -1.10. The van der Waals surface area contributed by atoms with Crippen molar-refractivity contribution >= 4 is 11.8 Å². The summed E-state index contributed by atoms with van der Waals surface area (Å²) >= 11 is 0. The third-order valence-corrected chi connectivity index (χ3v) is 1.66. The summed E-state index contributed by atoms with van der Waals surface area (Å²) in [6.45, 7) is 1.89. The van der Waals surface area contributed by atoms with Crippen molar-refractivity contribution in [3.05, 3.63) is 0 Å². The van der Waals surface area contributed by atoms with E-state index in [-0.39, 0.29) is 24.4 Å². The van der Waals surface area contributed by atoms with Gasteiger partial charge in [-0.2, -0.15) is 0 Å². The van der Waals surface area contributed by atoms with Gasteiger partial charge in [-0.3, -0.25) is 14.9 Å². The van der Waals surface area contributed by atoms with E-state index in [4.69, 9.17) is 0 Å². The molecule has 5 nitrogen and oxygen atoms in total. The summed E-state index contributed by atoms with van der Waals surface area (Å²) in [7, 11) is 4.92. The fraction of sp³-hybridized carbons (Fsp3) is 0.750. The second-order valence-electron chi connectivity index (χ2n) is 3.01. The lowest BCUT2D eigenvalue weighted by molar-refractivity contribution is -0.130. The van der Waals surface area contributed by atoms with E-state index < -0.39 is 0 Å². The molecule has 0 aliphatic carbocycles. The average Bonchev–Trinajstić information content (AvgIpc) is 2.11. The van der Waals surface area contributed by atoms with Gasteiger partial charge in [0, 0.05) is 21.1 Å². The number of hydrogen-bond acceptors (Lipinski definition) is 3. The molecule has 13 heavy (non-hydrogen) atoms. The molecule has 2 amide bonds. The Morgan fingerprint density at radius 2 is 1.92 bits per heavy atom. The van der Waals surface area contributed by atoms with Crippen LogP contribution in [0.4, 0.5) is 0 Å². The second kappa shape index (κ2) is 5.53. The molecule has 0 saturated carbocycles. The summed E-state index contributed by atoms with van der Waals surface area (Å²) in [6, 6.07) is -0.327. The van der Waals surface area contributed by atoms with Gasteiger partial charge in [-0.15, -0.1) is 0 Å². The number of carbonyl (C=O) groups is 2. The summed E-state index contributed by atoms with van der Waals surface area (Å²) in [4.78, 5) is 23.6. The second-order valence-corrected chi connectivity index (χ2v) is 3.01. The maximum Gasteiger partial charge on any atom is 0.238 e. The van der Waals surface area contributed by atoms with E-state index in [2.05, 4.69) is 10.6 Å². The largest absolute Gasteiger partial charge is 0.358 e. The molecule has 0 bridgehead atoms. The Kier molecular flexibility index (Phi) is 5.06. The summed E-state index contributed by atoms with van der Waals surface area (Å²) < 4.78 is 0. The summed E-state index contributed by atoms with van der Waals surface area (Å²) in [5.41, 5.74) is 0. The van der Waals surface area contributed by atoms with E-state index in [0.717, 1.165) is 0 Å². The molecule has 2 N–H and O–H groups in total. The predicted molar refractivity (Wildman–Crippen MR) is 50.2 cm³/mol. The van der Waals surface area contributed by atoms with Crippen LogP contribution in [-0.4, -0.2) is 50.4 Å². The number of nitrogens with one attached hydrogen (secondary N) is 2. The first kappa shape index (κ1) is 11.9. The van der Waals surface area contributed by atoms with Crippen LogP contribution in [0.1, 0.15) is 6.92 Å². The molecule has 5 heteroatoms. The molecule has 0 rings (SSSR count). The third kappa shape index (κ3) is 4.47. The minimum absolute atomic E-state index is 0.0381. The summed E-state index contributed by atoms with van der Waals surface area (Å²) in [5, 5.41) is 5.27. The Labute approximate surface area is 78.5 Å². The lowest BCUT2D eigenvalue weighted by Gasteiger charge is -2.17. The molecule has 76 valence electrons. The molecule has 0 aromatic carbocycles. The lowest BCUT2D eigenvalue weighted by atomic mass is 10.3. The van der Waals surface area contributed by atoms with E-state index in [9.17, 15) is 9.59 Å². The molecular formula is C8H17N3O2. The van der Waals surface area contributed by atoms with Gasteiger partial charge in [-0.05, 0) is 6.92 Å². The Morgan fingerprint density at radius 1 is 1.38 bits per heavy atom. The molecule has 0 aromatic heterocycles. The highest BCUT2D eigenvalue weighted by atomic mass is 16.2. The van der Waals surface area contributed by atoms with E-state index in [1.165, 1.54) is 4.90 Å². The van der Waals surface area contributed by atoms with Gasteiger partial charge in [-0.1, -0.05) is 0 Å². The van der Waals surface area contributed by atoms with Crippen molar-refractivity contribution < 1.29 is 9.59 Å². The highest BCUT2D eigenvalue weighted by Gasteiger charge is 2.14. The number of nitrogens with zero attached hydrogens (tertiary/aromatic N) is 1. The number of carbonyl (C=O) groups excluding carboxylic acids is 2. The minimum Gasteiger partial charge on any atom is -0.358 e. The zero-order valence-corrected chi connectivity index (χ0v) is 8.55. The van der Waals surface area contributed by atoms with Crippen LogP contribution in [0, 0.1) is 0 Å². The summed E-state index contributed by atoms with van der Waals surface area (Å²) in [5.74, 6) is -0.165. The maximum atomic E-state index is 11.3. The van der Waals surface area contributed by atoms with Crippen molar-refractivity contribution in [3.63, 3.8) is 0 Å². The standard InChI is InChI=1S/C8H17N3O2/c1-6(8(13)11(3)4)10-5-7(12)9-2/h6,10H,5H2,1-4H3,(H,9,12). The van der Waals surface area contributed by atoms with Gasteiger partial charge < -0.3 is 10.2 Å². The van der Waals surface area contributed by atoms with E-state index in [1.807, 2.05) is 0 Å². The van der Waals surface area contributed by atoms with Crippen LogP contribution in [0.5, 0.6) is 0 Å². The van der Waals surface area contributed by atoms with E-state index in [1.54, 1.807) is 28.1 Å². The van der Waals surface area contributed by atoms with Crippen LogP contribution >= 0.6 is 0 Å². The first-order chi connectivity index (χ1) is 5.99. The molecule has 0 heterocycles. The van der Waals surface area contributed by atoms with Gasteiger partial charge in [0.1, 0.15) is 0 Å². The molecular weight excluding hydrogens is 170 g/mol. The van der Waals surface area contributed by atoms with Crippen LogP contribution in [0.2, 0.25) is 0 Å². The van der Waals surface area contributed by atoms with Gasteiger partial charge >= 0.3 is 0 Å². The first-order valence-electron chi connectivity index (χ1n) is 4.14. The van der Waals surface area contributed by atoms with E-state index >= 15 is 0 Å². The zero-order valence-electron chi connectivity index (χ0n) is 8.55. The van der Waals surface area contributed by atoms with Gasteiger partial charge in [-0.25, -0.2) is 0 Å². The topological polar surface area (TPSA) is 61.4 Å². The number of rotatable bonds is 4. The fourth-order valence-corrected chi connectivity index (χ4v) is 0.809. The van der Waals surface area contributed by atoms with Crippen molar-refractivity contribution in [3.8, 4) is 0 Å². The minimum atomic E-state index is -0.327. The van der Waals surface area contributed by atoms with Gasteiger partial charge in [0.25, 0.3) is 0 Å². The van der Waals surface area contributed by atoms with Crippen molar-refractivity contribution in [2.24, 2.45) is 0 Å². The van der Waals surface area contributed by atoms with Gasteiger partial charge in [0.15, 0.2) is 0 Å². The fourth-order valence-electron chi connectivity index (χ4n) is 0.809. The molecule has 0 spiro atoms. The molecule has 1 atom stereocenters. The van der Waals surface area contributed by atoms with Crippen molar-refractivity contribution in [2.45, 2.75) is 13.0 Å². The number of likely N-dealkylation sites (N-methyl/N-ethyl adjacent to an activating group) is 2. The highest BCUT2D eigenvalue weighted by molar-refractivity contribution is 5.82. The smallest absolute Gasteiger partial charge is 0.238 e. The van der Waals surface area contributed by atoms with E-state index in [0.29, 0.717) is 0 Å². The van der Waals surface area contributed by atoms with Crippen molar-refractivity contribution in [1.82, 2.24) is 15.5 Å². The Balaban J connectivity index is 3.81. The van der Waals surface area contributed by atoms with Crippen LogP contribution in [-0.2, 0) is 9.59 Å². The monoisotopic (exact) mass is 187 g/mol. The molecule has 0 fully saturated rings. The quantitative estimate of drug-likeness (QED) is 0.581. The van der Waals surface area contributed by atoms with Crippen LogP contribution < -0.4 is 10.6 Å². The van der Waals surface area contributed by atoms with Gasteiger partial charge in [0.2, 0.25) is 11.8 Å². The highest BCUT2D eigenvalue weighted by Crippen LogP contribution is 1.87. The molecule has 1 unspecified atom stereocenters. The summed E-state index contributed by atoms with van der Waals surface area (Å²) in [6.07, 6.45) is 0. The first-order valence-corrected chi connectivity index (χ1v) is 4.14. The number of hydrogen-bond donors (Lipinski definition) is 2. The molecule has 0 saturated heterocycles. The lowest BCUT2D eigenvalue weighted by Crippen LogP contribution is -2.45. The van der Waals surface area contributed by atoms with Crippen LogP contribution in [0.3, 0.4) is 0 Å². The molecule has 0 radical (unpaired) electrons. The SMILES string of the molecule is CNC(=O)CNC(C)C(=O)N(C)C. The van der Waals surface area contributed by atoms with Crippen molar-refractivity contribution in [1.29, 1.82) is 0 Å². The Morgan fingerprint density at radius 3 is 2.31 bits per heavy atom. The van der Waals surface area contributed by atoms with Crippen molar-refractivity contribution in [2.75, 3.05) is 27.7 Å². The third-order valence-electron chi connectivity index (χ3n) is 1.66. The number of amides is 2.